The van der Waals surface area contributed by atoms with Crippen LogP contribution in [0.5, 0.6) is 0 Å². The summed E-state index contributed by atoms with van der Waals surface area (Å²) >= 11 is 1.56. The molecule has 5 nitrogen and oxygen atoms in total. The first kappa shape index (κ1) is 18.1. The van der Waals surface area contributed by atoms with E-state index in [2.05, 4.69) is 5.32 Å². The van der Waals surface area contributed by atoms with E-state index in [0.717, 1.165) is 0 Å². The number of hydrogen-bond donors (Lipinski definition) is 2. The van der Waals surface area contributed by atoms with E-state index >= 15 is 0 Å². The minimum absolute atomic E-state index is 0.185. The number of aliphatic hydroxyl groups excluding tert-OH is 1. The van der Waals surface area contributed by atoms with Gasteiger partial charge in [0.05, 0.1) is 22.5 Å². The molecule has 0 aromatic heterocycles. The van der Waals surface area contributed by atoms with Gasteiger partial charge >= 0.3 is 5.97 Å². The molecule has 2 bridgehead atoms. The molecule has 0 spiro atoms. The van der Waals surface area contributed by atoms with Crippen LogP contribution in [0.25, 0.3) is 0 Å². The van der Waals surface area contributed by atoms with E-state index in [0.29, 0.717) is 29.7 Å². The predicted octanol–water partition coefficient (Wildman–Crippen LogP) is 2.65. The second kappa shape index (κ2) is 7.37. The van der Waals surface area contributed by atoms with Crippen LogP contribution < -0.4 is 5.32 Å². The number of fused-ring (bicyclic) bond motifs is 2. The summed E-state index contributed by atoms with van der Waals surface area (Å²) in [7, 11) is 0. The Kier molecular flexibility index (Phi) is 4.93. The molecule has 1 aliphatic heterocycles. The molecule has 0 radical (unpaired) electrons. The highest BCUT2D eigenvalue weighted by Crippen LogP contribution is 2.46. The maximum atomic E-state index is 12.6. The van der Waals surface area contributed by atoms with Gasteiger partial charge in [0.15, 0.2) is 0 Å². The summed E-state index contributed by atoms with van der Waals surface area (Å²) < 4.78 is 5.68. The molecule has 140 valence electrons. The molecule has 1 aliphatic carbocycles. The molecule has 27 heavy (non-hydrogen) atoms. The van der Waals surface area contributed by atoms with Gasteiger partial charge in [-0.2, -0.15) is 0 Å². The summed E-state index contributed by atoms with van der Waals surface area (Å²) in [6.07, 6.45) is 0.0742. The van der Waals surface area contributed by atoms with E-state index in [9.17, 15) is 14.7 Å². The fourth-order valence-electron chi connectivity index (χ4n) is 3.80. The molecule has 4 atom stereocenters. The monoisotopic (exact) mass is 383 g/mol. The minimum atomic E-state index is -0.752. The summed E-state index contributed by atoms with van der Waals surface area (Å²) in [5, 5.41) is 13.7. The molecule has 2 fully saturated rings. The van der Waals surface area contributed by atoms with E-state index in [4.69, 9.17) is 4.74 Å². The summed E-state index contributed by atoms with van der Waals surface area (Å²) in [5.41, 5.74) is 0.409. The predicted molar refractivity (Wildman–Crippen MR) is 104 cm³/mol. The Morgan fingerprint density at radius 2 is 1.67 bits per heavy atom. The maximum absolute atomic E-state index is 12.6. The van der Waals surface area contributed by atoms with Crippen LogP contribution >= 0.6 is 11.8 Å². The van der Waals surface area contributed by atoms with E-state index in [-0.39, 0.29) is 23.2 Å². The average molecular weight is 383 g/mol. The fraction of sp³-hybridized carbons (Fsp3) is 0.333. The molecule has 2 aliphatic rings. The lowest BCUT2D eigenvalue weighted by molar-refractivity contribution is -0.0227. The Balaban J connectivity index is 1.44. The molecular weight excluding hydrogens is 362 g/mol. The van der Waals surface area contributed by atoms with Gasteiger partial charge in [0.1, 0.15) is 6.10 Å². The zero-order valence-electron chi connectivity index (χ0n) is 14.7. The van der Waals surface area contributed by atoms with E-state index in [1.807, 2.05) is 24.3 Å². The van der Waals surface area contributed by atoms with Crippen molar-refractivity contribution in [3.05, 3.63) is 71.8 Å². The van der Waals surface area contributed by atoms with Gasteiger partial charge in [0, 0.05) is 11.3 Å². The zero-order chi connectivity index (χ0) is 18.9. The highest BCUT2D eigenvalue weighted by atomic mass is 32.2. The zero-order valence-corrected chi connectivity index (χ0v) is 15.5. The van der Waals surface area contributed by atoms with Crippen LogP contribution in [0.2, 0.25) is 0 Å². The first-order chi connectivity index (χ1) is 13.1. The molecule has 4 rings (SSSR count). The third-order valence-corrected chi connectivity index (χ3v) is 6.95. The van der Waals surface area contributed by atoms with Crippen LogP contribution in [0.3, 0.4) is 0 Å². The lowest BCUT2D eigenvalue weighted by atomic mass is 9.79. The number of aliphatic hydroxyl groups is 1. The maximum Gasteiger partial charge on any atom is 0.338 e. The Labute approximate surface area is 162 Å². The van der Waals surface area contributed by atoms with E-state index in [1.54, 1.807) is 48.2 Å². The molecule has 6 heteroatoms. The topological polar surface area (TPSA) is 75.6 Å². The number of benzene rings is 2. The third-order valence-electron chi connectivity index (χ3n) is 5.32. The molecule has 2 N–H and O–H groups in total. The molecule has 1 saturated carbocycles. The van der Waals surface area contributed by atoms with Gasteiger partial charge in [0.2, 0.25) is 0 Å². The molecule has 1 amide bonds. The minimum Gasteiger partial charge on any atom is -0.457 e. The highest BCUT2D eigenvalue weighted by Gasteiger charge is 2.56. The van der Waals surface area contributed by atoms with E-state index in [1.165, 1.54) is 0 Å². The van der Waals surface area contributed by atoms with Crippen LogP contribution in [-0.4, -0.2) is 45.7 Å². The van der Waals surface area contributed by atoms with Crippen molar-refractivity contribution in [2.24, 2.45) is 0 Å². The van der Waals surface area contributed by atoms with Crippen molar-refractivity contribution in [2.45, 2.75) is 35.8 Å². The summed E-state index contributed by atoms with van der Waals surface area (Å²) in [5.74, 6) is 0.0494. The standard InChI is InChI=1S/C21H21NO4S/c23-18-17-16(26-20(25)15-9-5-2-6-10-15)11-12-21(18,13-27-17)22-19(24)14-7-3-1-4-8-14/h1-10,16-18,23H,11-13H2,(H,22,24)/t16-,17+,18-,21-/m0/s1. The van der Waals surface area contributed by atoms with Gasteiger partial charge in [-0.15, -0.1) is 11.8 Å². The Hall–Kier alpha value is -2.31. The quantitative estimate of drug-likeness (QED) is 0.794. The molecule has 1 heterocycles. The smallest absolute Gasteiger partial charge is 0.338 e. The van der Waals surface area contributed by atoms with Gasteiger partial charge in [0.25, 0.3) is 5.91 Å². The number of carbonyl (C=O) groups excluding carboxylic acids is 2. The number of hydrogen-bond acceptors (Lipinski definition) is 5. The fourth-order valence-corrected chi connectivity index (χ4v) is 5.52. The van der Waals surface area contributed by atoms with Crippen molar-refractivity contribution in [1.29, 1.82) is 0 Å². The van der Waals surface area contributed by atoms with Gasteiger partial charge < -0.3 is 15.2 Å². The van der Waals surface area contributed by atoms with Crippen LogP contribution in [-0.2, 0) is 4.74 Å². The van der Waals surface area contributed by atoms with Crippen molar-refractivity contribution in [3.8, 4) is 0 Å². The second-order valence-electron chi connectivity index (χ2n) is 7.05. The van der Waals surface area contributed by atoms with Gasteiger partial charge in [-0.3, -0.25) is 4.79 Å². The summed E-state index contributed by atoms with van der Waals surface area (Å²) in [6.45, 7) is 0. The average Bonchev–Trinajstić information content (AvgIpc) is 2.90. The Morgan fingerprint density at radius 1 is 1.04 bits per heavy atom. The van der Waals surface area contributed by atoms with Crippen LogP contribution in [0.15, 0.2) is 60.7 Å². The highest BCUT2D eigenvalue weighted by molar-refractivity contribution is 8.00. The van der Waals surface area contributed by atoms with Gasteiger partial charge in [-0.05, 0) is 37.1 Å². The normalized spacial score (nSPS) is 29.1. The van der Waals surface area contributed by atoms with Crippen LogP contribution in [0.4, 0.5) is 0 Å². The molecule has 1 saturated heterocycles. The largest absolute Gasteiger partial charge is 0.457 e. The Morgan fingerprint density at radius 3 is 2.33 bits per heavy atom. The third kappa shape index (κ3) is 3.47. The van der Waals surface area contributed by atoms with Crippen LogP contribution in [0, 0.1) is 0 Å². The molecular formula is C21H21NO4S. The van der Waals surface area contributed by atoms with Crippen molar-refractivity contribution >= 4 is 23.6 Å². The first-order valence-corrected chi connectivity index (χ1v) is 10.1. The molecule has 0 unspecified atom stereocenters. The lowest BCUT2D eigenvalue weighted by Gasteiger charge is -2.40. The number of carbonyl (C=O) groups is 2. The lowest BCUT2D eigenvalue weighted by Crippen LogP contribution is -2.61. The van der Waals surface area contributed by atoms with Crippen molar-refractivity contribution in [1.82, 2.24) is 5.32 Å². The Bertz CT molecular complexity index is 829. The van der Waals surface area contributed by atoms with Crippen molar-refractivity contribution in [3.63, 3.8) is 0 Å². The number of rotatable bonds is 4. The van der Waals surface area contributed by atoms with Gasteiger partial charge in [-0.25, -0.2) is 4.79 Å². The van der Waals surface area contributed by atoms with E-state index < -0.39 is 11.6 Å². The summed E-state index contributed by atoms with van der Waals surface area (Å²) in [6, 6.07) is 17.9. The van der Waals surface area contributed by atoms with Crippen LogP contribution in [0.1, 0.15) is 33.6 Å². The number of amides is 1. The number of esters is 1. The van der Waals surface area contributed by atoms with Crippen molar-refractivity contribution in [2.75, 3.05) is 5.75 Å². The molecule has 2 aromatic rings. The summed E-state index contributed by atoms with van der Waals surface area (Å²) in [4.78, 5) is 24.9. The first-order valence-electron chi connectivity index (χ1n) is 9.02. The SMILES string of the molecule is O=C(N[C@@]12CC[C@H](OC(=O)c3ccccc3)[C@@H](SC1)[C@@H]2O)c1ccccc1. The van der Waals surface area contributed by atoms with Gasteiger partial charge in [-0.1, -0.05) is 36.4 Å². The number of nitrogens with one attached hydrogen (secondary N) is 1. The number of thioether (sulfide) groups is 1. The second-order valence-corrected chi connectivity index (χ2v) is 8.21. The van der Waals surface area contributed by atoms with Crippen molar-refractivity contribution < 1.29 is 19.4 Å². The number of ether oxygens (including phenoxy) is 1. The molecule has 2 aromatic carbocycles.